The van der Waals surface area contributed by atoms with Crippen LogP contribution in [-0.2, 0) is 4.74 Å². The highest BCUT2D eigenvalue weighted by atomic mass is 79.9. The molecule has 1 aliphatic heterocycles. The molecule has 1 heterocycles. The largest absolute Gasteiger partial charge is 0.378 e. The number of halogens is 1. The van der Waals surface area contributed by atoms with E-state index in [2.05, 4.69) is 21.2 Å². The Morgan fingerprint density at radius 2 is 2.39 bits per heavy atom. The average Bonchev–Trinajstić information content (AvgIpc) is 2.85. The molecule has 0 spiro atoms. The molecule has 1 atom stereocenters. The van der Waals surface area contributed by atoms with Gasteiger partial charge in [0.05, 0.1) is 6.10 Å². The SMILES string of the molecule is Cc1c(Br)cccc1C(=O)NCC[C@H]1CCCO1. The molecule has 3 nitrogen and oxygen atoms in total. The number of amides is 1. The summed E-state index contributed by atoms with van der Waals surface area (Å²) in [5, 5.41) is 2.95. The Hall–Kier alpha value is -0.870. The van der Waals surface area contributed by atoms with Crippen molar-refractivity contribution in [1.29, 1.82) is 0 Å². The van der Waals surface area contributed by atoms with Gasteiger partial charge in [0.25, 0.3) is 5.91 Å². The van der Waals surface area contributed by atoms with Crippen LogP contribution in [0.5, 0.6) is 0 Å². The fourth-order valence-corrected chi connectivity index (χ4v) is 2.53. The van der Waals surface area contributed by atoms with Crippen molar-refractivity contribution in [2.45, 2.75) is 32.3 Å². The molecule has 1 fully saturated rings. The third-order valence-electron chi connectivity index (χ3n) is 3.29. The van der Waals surface area contributed by atoms with Crippen molar-refractivity contribution in [3.05, 3.63) is 33.8 Å². The summed E-state index contributed by atoms with van der Waals surface area (Å²) in [7, 11) is 0. The van der Waals surface area contributed by atoms with Gasteiger partial charge in [-0.15, -0.1) is 0 Å². The number of nitrogens with one attached hydrogen (secondary N) is 1. The van der Waals surface area contributed by atoms with Gasteiger partial charge >= 0.3 is 0 Å². The van der Waals surface area contributed by atoms with E-state index in [4.69, 9.17) is 4.74 Å². The molecule has 0 saturated carbocycles. The van der Waals surface area contributed by atoms with E-state index in [-0.39, 0.29) is 5.91 Å². The normalized spacial score (nSPS) is 18.9. The van der Waals surface area contributed by atoms with Gasteiger partial charge in [-0.05, 0) is 43.9 Å². The van der Waals surface area contributed by atoms with Crippen molar-refractivity contribution >= 4 is 21.8 Å². The van der Waals surface area contributed by atoms with Crippen molar-refractivity contribution < 1.29 is 9.53 Å². The highest BCUT2D eigenvalue weighted by molar-refractivity contribution is 9.10. The molecule has 1 aliphatic rings. The van der Waals surface area contributed by atoms with Crippen LogP contribution < -0.4 is 5.32 Å². The van der Waals surface area contributed by atoms with E-state index in [0.29, 0.717) is 12.6 Å². The highest BCUT2D eigenvalue weighted by Gasteiger charge is 2.16. The number of rotatable bonds is 4. The molecule has 0 radical (unpaired) electrons. The van der Waals surface area contributed by atoms with Crippen molar-refractivity contribution in [2.75, 3.05) is 13.2 Å². The molecule has 1 amide bonds. The molecule has 2 rings (SSSR count). The molecular weight excluding hydrogens is 294 g/mol. The Balaban J connectivity index is 1.85. The summed E-state index contributed by atoms with van der Waals surface area (Å²) in [6, 6.07) is 5.67. The van der Waals surface area contributed by atoms with E-state index >= 15 is 0 Å². The maximum atomic E-state index is 12.0. The Bertz CT molecular complexity index is 428. The average molecular weight is 312 g/mol. The molecule has 18 heavy (non-hydrogen) atoms. The number of benzene rings is 1. The summed E-state index contributed by atoms with van der Waals surface area (Å²) in [6.45, 7) is 3.48. The van der Waals surface area contributed by atoms with Gasteiger partial charge in [-0.25, -0.2) is 0 Å². The minimum Gasteiger partial charge on any atom is -0.378 e. The van der Waals surface area contributed by atoms with Gasteiger partial charge in [0, 0.05) is 23.2 Å². The van der Waals surface area contributed by atoms with Gasteiger partial charge in [0.15, 0.2) is 0 Å². The van der Waals surface area contributed by atoms with Crippen molar-refractivity contribution in [3.63, 3.8) is 0 Å². The standard InChI is InChI=1S/C14H18BrNO2/c1-10-12(5-2-6-13(10)15)14(17)16-8-7-11-4-3-9-18-11/h2,5-6,11H,3-4,7-9H2,1H3,(H,16,17)/t11-/m1/s1. The van der Waals surface area contributed by atoms with Crippen LogP contribution in [0.3, 0.4) is 0 Å². The number of hydrogen-bond donors (Lipinski definition) is 1. The topological polar surface area (TPSA) is 38.3 Å². The van der Waals surface area contributed by atoms with Gasteiger partial charge < -0.3 is 10.1 Å². The second kappa shape index (κ2) is 6.34. The zero-order valence-corrected chi connectivity index (χ0v) is 12.1. The second-order valence-electron chi connectivity index (χ2n) is 4.59. The fraction of sp³-hybridized carbons (Fsp3) is 0.500. The Morgan fingerprint density at radius 3 is 3.11 bits per heavy atom. The van der Waals surface area contributed by atoms with Gasteiger partial charge in [-0.3, -0.25) is 4.79 Å². The molecule has 1 aromatic carbocycles. The second-order valence-corrected chi connectivity index (χ2v) is 5.45. The predicted molar refractivity (Wildman–Crippen MR) is 74.8 cm³/mol. The molecule has 0 bridgehead atoms. The molecule has 1 N–H and O–H groups in total. The highest BCUT2D eigenvalue weighted by Crippen LogP contribution is 2.19. The first kappa shape index (κ1) is 13.6. The lowest BCUT2D eigenvalue weighted by atomic mass is 10.1. The molecule has 0 unspecified atom stereocenters. The van der Waals surface area contributed by atoms with Crippen LogP contribution in [0.1, 0.15) is 35.2 Å². The minimum absolute atomic E-state index is 0.00760. The lowest BCUT2D eigenvalue weighted by Crippen LogP contribution is -2.27. The summed E-state index contributed by atoms with van der Waals surface area (Å²) >= 11 is 3.44. The number of ether oxygens (including phenoxy) is 1. The van der Waals surface area contributed by atoms with Crippen LogP contribution in [0, 0.1) is 6.92 Å². The quantitative estimate of drug-likeness (QED) is 0.928. The van der Waals surface area contributed by atoms with E-state index in [1.54, 1.807) is 0 Å². The van der Waals surface area contributed by atoms with Crippen LogP contribution >= 0.6 is 15.9 Å². The zero-order chi connectivity index (χ0) is 13.0. The van der Waals surface area contributed by atoms with Gasteiger partial charge in [0.1, 0.15) is 0 Å². The van der Waals surface area contributed by atoms with Crippen LogP contribution in [0.15, 0.2) is 22.7 Å². The Labute approximate surface area is 116 Å². The van der Waals surface area contributed by atoms with Gasteiger partial charge in [0.2, 0.25) is 0 Å². The van der Waals surface area contributed by atoms with E-state index in [1.807, 2.05) is 25.1 Å². The van der Waals surface area contributed by atoms with E-state index < -0.39 is 0 Å². The van der Waals surface area contributed by atoms with Crippen LogP contribution in [0.2, 0.25) is 0 Å². The van der Waals surface area contributed by atoms with Gasteiger partial charge in [-0.2, -0.15) is 0 Å². The Morgan fingerprint density at radius 1 is 1.56 bits per heavy atom. The molecule has 1 aromatic rings. The van der Waals surface area contributed by atoms with Gasteiger partial charge in [-0.1, -0.05) is 22.0 Å². The third-order valence-corrected chi connectivity index (χ3v) is 4.15. The lowest BCUT2D eigenvalue weighted by Gasteiger charge is -2.11. The van der Waals surface area contributed by atoms with Crippen LogP contribution in [0.25, 0.3) is 0 Å². The third kappa shape index (κ3) is 3.33. The summed E-state index contributed by atoms with van der Waals surface area (Å²) in [5.74, 6) is -0.00760. The number of carbonyl (C=O) groups is 1. The molecule has 4 heteroatoms. The van der Waals surface area contributed by atoms with Crippen molar-refractivity contribution in [3.8, 4) is 0 Å². The van der Waals surface area contributed by atoms with Crippen molar-refractivity contribution in [1.82, 2.24) is 5.32 Å². The zero-order valence-electron chi connectivity index (χ0n) is 10.5. The Kier molecular flexibility index (Phi) is 4.78. The summed E-state index contributed by atoms with van der Waals surface area (Å²) in [4.78, 5) is 12.0. The first-order valence-electron chi connectivity index (χ1n) is 6.33. The molecule has 0 aliphatic carbocycles. The minimum atomic E-state index is -0.00760. The van der Waals surface area contributed by atoms with Crippen molar-refractivity contribution in [2.24, 2.45) is 0 Å². The summed E-state index contributed by atoms with van der Waals surface area (Å²) in [6.07, 6.45) is 3.49. The smallest absolute Gasteiger partial charge is 0.251 e. The molecule has 98 valence electrons. The molecule has 0 aromatic heterocycles. The lowest BCUT2D eigenvalue weighted by molar-refractivity contribution is 0.0906. The van der Waals surface area contributed by atoms with Crippen LogP contribution in [-0.4, -0.2) is 25.2 Å². The fourth-order valence-electron chi connectivity index (χ4n) is 2.17. The van der Waals surface area contributed by atoms with E-state index in [0.717, 1.165) is 41.5 Å². The molecule has 1 saturated heterocycles. The monoisotopic (exact) mass is 311 g/mol. The van der Waals surface area contributed by atoms with E-state index in [9.17, 15) is 4.79 Å². The van der Waals surface area contributed by atoms with Crippen LogP contribution in [0.4, 0.5) is 0 Å². The number of hydrogen-bond acceptors (Lipinski definition) is 2. The summed E-state index contributed by atoms with van der Waals surface area (Å²) in [5.41, 5.74) is 1.71. The first-order chi connectivity index (χ1) is 8.68. The maximum absolute atomic E-state index is 12.0. The summed E-state index contributed by atoms with van der Waals surface area (Å²) < 4.78 is 6.49. The maximum Gasteiger partial charge on any atom is 0.251 e. The molecular formula is C14H18BrNO2. The first-order valence-corrected chi connectivity index (χ1v) is 7.12. The predicted octanol–water partition coefficient (Wildman–Crippen LogP) is 3.06. The van der Waals surface area contributed by atoms with E-state index in [1.165, 1.54) is 0 Å². The number of carbonyl (C=O) groups excluding carboxylic acids is 1.